The molecule has 0 amide bonds. The molecule has 0 aromatic rings. The van der Waals surface area contributed by atoms with Crippen LogP contribution in [-0.4, -0.2) is 39.0 Å². The molecule has 0 bridgehead atoms. The summed E-state index contributed by atoms with van der Waals surface area (Å²) in [7, 11) is -3.44. The molecule has 76 valence electrons. The predicted octanol–water partition coefficient (Wildman–Crippen LogP) is -0.906. The van der Waals surface area contributed by atoms with Gasteiger partial charge in [-0.3, -0.25) is 4.18 Å². The maximum atomic E-state index is 10.4. The summed E-state index contributed by atoms with van der Waals surface area (Å²) in [5.41, 5.74) is 5.10. The van der Waals surface area contributed by atoms with Gasteiger partial charge in [0.05, 0.1) is 19.0 Å². The number of hydrogen-bond donors (Lipinski definition) is 2. The van der Waals surface area contributed by atoms with Crippen LogP contribution in [0.3, 0.4) is 0 Å². The van der Waals surface area contributed by atoms with Crippen LogP contribution in [0.25, 0.3) is 0 Å². The molecule has 12 heavy (non-hydrogen) atoms. The minimum Gasteiger partial charge on any atom is -0.391 e. The fourth-order valence-electron chi connectivity index (χ4n) is 0.478. The number of aliphatic hydroxyl groups excluding tert-OH is 1. The summed E-state index contributed by atoms with van der Waals surface area (Å²) in [6.45, 7) is 0.102. The SMILES string of the molecule is CS(=O)(=O)OCC(O)CCN.Cl. The van der Waals surface area contributed by atoms with Gasteiger partial charge in [-0.25, -0.2) is 0 Å². The van der Waals surface area contributed by atoms with Crippen LogP contribution in [0, 0.1) is 0 Å². The molecule has 0 aromatic carbocycles. The first kappa shape index (κ1) is 14.6. The third kappa shape index (κ3) is 10.1. The maximum Gasteiger partial charge on any atom is 0.264 e. The fraction of sp³-hybridized carbons (Fsp3) is 1.00. The third-order valence-electron chi connectivity index (χ3n) is 0.974. The van der Waals surface area contributed by atoms with Gasteiger partial charge in [-0.15, -0.1) is 12.4 Å². The summed E-state index contributed by atoms with van der Waals surface area (Å²) < 4.78 is 25.1. The highest BCUT2D eigenvalue weighted by Gasteiger charge is 2.07. The number of halogens is 1. The molecule has 0 aliphatic rings. The highest BCUT2D eigenvalue weighted by Crippen LogP contribution is 1.94. The van der Waals surface area contributed by atoms with Crippen molar-refractivity contribution in [3.8, 4) is 0 Å². The van der Waals surface area contributed by atoms with Crippen LogP contribution in [-0.2, 0) is 14.3 Å². The van der Waals surface area contributed by atoms with Gasteiger partial charge in [-0.2, -0.15) is 8.42 Å². The van der Waals surface area contributed by atoms with Crippen LogP contribution in [0.5, 0.6) is 0 Å². The quantitative estimate of drug-likeness (QED) is 0.585. The van der Waals surface area contributed by atoms with Crippen molar-refractivity contribution >= 4 is 22.5 Å². The van der Waals surface area contributed by atoms with Crippen molar-refractivity contribution in [3.63, 3.8) is 0 Å². The van der Waals surface area contributed by atoms with Crippen molar-refractivity contribution in [2.45, 2.75) is 12.5 Å². The number of hydrogen-bond acceptors (Lipinski definition) is 5. The summed E-state index contributed by atoms with van der Waals surface area (Å²) in [5.74, 6) is 0. The highest BCUT2D eigenvalue weighted by molar-refractivity contribution is 7.85. The fourth-order valence-corrected chi connectivity index (χ4v) is 0.882. The van der Waals surface area contributed by atoms with Crippen LogP contribution in [0.2, 0.25) is 0 Å². The van der Waals surface area contributed by atoms with E-state index in [1.165, 1.54) is 0 Å². The molecular weight excluding hydrogens is 206 g/mol. The zero-order valence-corrected chi connectivity index (χ0v) is 8.40. The molecule has 1 atom stereocenters. The van der Waals surface area contributed by atoms with Gasteiger partial charge in [-0.1, -0.05) is 0 Å². The molecule has 0 saturated carbocycles. The van der Waals surface area contributed by atoms with E-state index in [9.17, 15) is 8.42 Å². The van der Waals surface area contributed by atoms with E-state index in [0.29, 0.717) is 13.0 Å². The Morgan fingerprint density at radius 2 is 2.08 bits per heavy atom. The molecule has 5 nitrogen and oxygen atoms in total. The molecule has 0 spiro atoms. The lowest BCUT2D eigenvalue weighted by Gasteiger charge is -2.07. The van der Waals surface area contributed by atoms with Crippen molar-refractivity contribution in [2.75, 3.05) is 19.4 Å². The number of nitrogens with two attached hydrogens (primary N) is 1. The zero-order chi connectivity index (χ0) is 8.91. The Morgan fingerprint density at radius 1 is 1.58 bits per heavy atom. The molecular formula is C5H14ClNO4S. The second kappa shape index (κ2) is 6.62. The average molecular weight is 220 g/mol. The smallest absolute Gasteiger partial charge is 0.264 e. The van der Waals surface area contributed by atoms with Gasteiger partial charge in [0.25, 0.3) is 10.1 Å². The third-order valence-corrected chi connectivity index (χ3v) is 1.54. The summed E-state index contributed by atoms with van der Waals surface area (Å²) in [6.07, 6.45) is 0.479. The molecule has 0 saturated heterocycles. The van der Waals surface area contributed by atoms with Gasteiger partial charge in [0.1, 0.15) is 0 Å². The van der Waals surface area contributed by atoms with Crippen molar-refractivity contribution in [3.05, 3.63) is 0 Å². The summed E-state index contributed by atoms with van der Waals surface area (Å²) in [6, 6.07) is 0. The minimum atomic E-state index is -3.44. The van der Waals surface area contributed by atoms with Crippen LogP contribution in [0.4, 0.5) is 0 Å². The van der Waals surface area contributed by atoms with E-state index in [0.717, 1.165) is 6.26 Å². The average Bonchev–Trinajstić information content (AvgIpc) is 1.83. The molecule has 3 N–H and O–H groups in total. The van der Waals surface area contributed by atoms with E-state index in [1.807, 2.05) is 0 Å². The zero-order valence-electron chi connectivity index (χ0n) is 6.76. The normalized spacial score (nSPS) is 13.6. The second-order valence-electron chi connectivity index (χ2n) is 2.22. The van der Waals surface area contributed by atoms with Gasteiger partial charge in [-0.05, 0) is 13.0 Å². The summed E-state index contributed by atoms with van der Waals surface area (Å²) in [4.78, 5) is 0. The Labute approximate surface area is 78.4 Å². The molecule has 0 aliphatic heterocycles. The molecule has 0 radical (unpaired) electrons. The maximum absolute atomic E-state index is 10.4. The van der Waals surface area contributed by atoms with E-state index in [1.54, 1.807) is 0 Å². The Morgan fingerprint density at radius 3 is 2.42 bits per heavy atom. The summed E-state index contributed by atoms with van der Waals surface area (Å²) >= 11 is 0. The van der Waals surface area contributed by atoms with E-state index >= 15 is 0 Å². The molecule has 0 aliphatic carbocycles. The molecule has 1 unspecified atom stereocenters. The Hall–Kier alpha value is 0.120. The lowest BCUT2D eigenvalue weighted by Crippen LogP contribution is -2.21. The Kier molecular flexibility index (Phi) is 8.07. The Bertz CT molecular complexity index is 194. The molecule has 0 fully saturated rings. The van der Waals surface area contributed by atoms with Gasteiger partial charge < -0.3 is 10.8 Å². The summed E-state index contributed by atoms with van der Waals surface area (Å²) in [5, 5.41) is 8.94. The lowest BCUT2D eigenvalue weighted by molar-refractivity contribution is 0.106. The highest BCUT2D eigenvalue weighted by atomic mass is 35.5. The first-order chi connectivity index (χ1) is 4.95. The first-order valence-corrected chi connectivity index (χ1v) is 5.00. The van der Waals surface area contributed by atoms with E-state index < -0.39 is 16.2 Å². The van der Waals surface area contributed by atoms with Gasteiger partial charge in [0.2, 0.25) is 0 Å². The van der Waals surface area contributed by atoms with Gasteiger partial charge >= 0.3 is 0 Å². The first-order valence-electron chi connectivity index (χ1n) is 3.18. The van der Waals surface area contributed by atoms with Crippen molar-refractivity contribution < 1.29 is 17.7 Å². The Balaban J connectivity index is 0. The van der Waals surface area contributed by atoms with E-state index in [2.05, 4.69) is 4.18 Å². The van der Waals surface area contributed by atoms with Crippen LogP contribution < -0.4 is 5.73 Å². The number of rotatable bonds is 5. The predicted molar refractivity (Wildman–Crippen MR) is 47.7 cm³/mol. The largest absolute Gasteiger partial charge is 0.391 e. The topological polar surface area (TPSA) is 89.6 Å². The molecule has 0 rings (SSSR count). The lowest BCUT2D eigenvalue weighted by atomic mass is 10.3. The molecule has 7 heteroatoms. The molecule has 0 aromatic heterocycles. The van der Waals surface area contributed by atoms with Crippen molar-refractivity contribution in [1.29, 1.82) is 0 Å². The standard InChI is InChI=1S/C5H13NO4S.ClH/c1-11(8,9)10-4-5(7)2-3-6;/h5,7H,2-4,6H2,1H3;1H. The number of aliphatic hydroxyl groups is 1. The van der Waals surface area contributed by atoms with Crippen LogP contribution in [0.1, 0.15) is 6.42 Å². The second-order valence-corrected chi connectivity index (χ2v) is 3.86. The van der Waals surface area contributed by atoms with Crippen molar-refractivity contribution in [2.24, 2.45) is 5.73 Å². The van der Waals surface area contributed by atoms with Crippen LogP contribution in [0.15, 0.2) is 0 Å². The van der Waals surface area contributed by atoms with Gasteiger partial charge in [0.15, 0.2) is 0 Å². The monoisotopic (exact) mass is 219 g/mol. The van der Waals surface area contributed by atoms with Crippen molar-refractivity contribution in [1.82, 2.24) is 0 Å². The molecule has 0 heterocycles. The minimum absolute atomic E-state index is 0. The van der Waals surface area contributed by atoms with E-state index in [-0.39, 0.29) is 19.0 Å². The van der Waals surface area contributed by atoms with E-state index in [4.69, 9.17) is 10.8 Å². The van der Waals surface area contributed by atoms with Crippen LogP contribution >= 0.6 is 12.4 Å². The van der Waals surface area contributed by atoms with Gasteiger partial charge in [0, 0.05) is 0 Å².